The number of likely N-dealkylation sites (tertiary alicyclic amines) is 1. The molecule has 0 spiro atoms. The number of amides is 1. The van der Waals surface area contributed by atoms with Gasteiger partial charge in [0.2, 0.25) is 0 Å². The Morgan fingerprint density at radius 1 is 1.03 bits per heavy atom. The lowest BCUT2D eigenvalue weighted by Gasteiger charge is -2.26. The first-order valence-electron chi connectivity index (χ1n) is 11.2. The Morgan fingerprint density at radius 3 is 2.38 bits per heavy atom. The minimum absolute atomic E-state index is 0.0120. The SMILES string of the molecule is Cc1ccc(C(C)(C)C)cc1/C(O)=C1\C(=O)C(=O)N(Cc2ccncc2)C1c1cccc(O)c1. The average molecular weight is 457 g/mol. The maximum absolute atomic E-state index is 13.3. The quantitative estimate of drug-likeness (QED) is 0.327. The van der Waals surface area contributed by atoms with Gasteiger partial charge in [-0.3, -0.25) is 14.6 Å². The fraction of sp³-hybridized carbons (Fsp3) is 0.250. The number of phenols is 1. The number of aromatic hydroxyl groups is 1. The number of aromatic nitrogens is 1. The molecule has 0 aliphatic carbocycles. The summed E-state index contributed by atoms with van der Waals surface area (Å²) in [7, 11) is 0. The van der Waals surface area contributed by atoms with Crippen LogP contribution in [0.15, 0.2) is 72.6 Å². The summed E-state index contributed by atoms with van der Waals surface area (Å²) in [4.78, 5) is 31.9. The first kappa shape index (κ1) is 23.2. The molecule has 1 aliphatic rings. The summed E-state index contributed by atoms with van der Waals surface area (Å²) in [5, 5.41) is 21.6. The van der Waals surface area contributed by atoms with Crippen molar-refractivity contribution in [1.82, 2.24) is 9.88 Å². The molecule has 1 aromatic heterocycles. The van der Waals surface area contributed by atoms with Crippen molar-refractivity contribution in [2.45, 2.75) is 45.7 Å². The number of ketones is 1. The van der Waals surface area contributed by atoms with E-state index in [9.17, 15) is 19.8 Å². The van der Waals surface area contributed by atoms with E-state index < -0.39 is 17.7 Å². The van der Waals surface area contributed by atoms with Crippen molar-refractivity contribution in [3.8, 4) is 5.75 Å². The summed E-state index contributed by atoms with van der Waals surface area (Å²) in [5.41, 5.74) is 3.49. The summed E-state index contributed by atoms with van der Waals surface area (Å²) < 4.78 is 0. The highest BCUT2D eigenvalue weighted by Gasteiger charge is 2.46. The fourth-order valence-electron chi connectivity index (χ4n) is 4.26. The smallest absolute Gasteiger partial charge is 0.295 e. The van der Waals surface area contributed by atoms with Crippen LogP contribution >= 0.6 is 0 Å². The van der Waals surface area contributed by atoms with Gasteiger partial charge in [0, 0.05) is 24.5 Å². The standard InChI is InChI=1S/C28H28N2O4/c1-17-8-9-20(28(2,3)4)15-22(17)25(32)23-24(19-6-5-7-21(31)14-19)30(27(34)26(23)33)16-18-10-12-29-13-11-18/h5-15,24,31-32H,16H2,1-4H3/b25-23+. The first-order chi connectivity index (χ1) is 16.1. The lowest BCUT2D eigenvalue weighted by molar-refractivity contribution is -0.140. The van der Waals surface area contributed by atoms with E-state index in [-0.39, 0.29) is 29.0 Å². The van der Waals surface area contributed by atoms with Crippen LogP contribution in [0.5, 0.6) is 5.75 Å². The van der Waals surface area contributed by atoms with E-state index >= 15 is 0 Å². The lowest BCUT2D eigenvalue weighted by atomic mass is 9.84. The van der Waals surface area contributed by atoms with Crippen molar-refractivity contribution in [3.05, 3.63) is 100 Å². The molecule has 1 unspecified atom stereocenters. The molecule has 6 heteroatoms. The van der Waals surface area contributed by atoms with Crippen LogP contribution in [0.4, 0.5) is 0 Å². The van der Waals surface area contributed by atoms with Gasteiger partial charge in [-0.2, -0.15) is 0 Å². The molecule has 3 aromatic rings. The van der Waals surface area contributed by atoms with E-state index in [2.05, 4.69) is 25.8 Å². The predicted molar refractivity (Wildman–Crippen MR) is 130 cm³/mol. The van der Waals surface area contributed by atoms with Crippen LogP contribution in [0.1, 0.15) is 54.6 Å². The second kappa shape index (κ2) is 8.78. The maximum Gasteiger partial charge on any atom is 0.295 e. The van der Waals surface area contributed by atoms with Gasteiger partial charge in [-0.25, -0.2) is 0 Å². The largest absolute Gasteiger partial charge is 0.508 e. The molecule has 174 valence electrons. The normalized spacial score (nSPS) is 17.9. The molecule has 2 heterocycles. The van der Waals surface area contributed by atoms with Gasteiger partial charge in [-0.05, 0) is 64.9 Å². The molecule has 0 saturated carbocycles. The van der Waals surface area contributed by atoms with Crippen molar-refractivity contribution in [2.75, 3.05) is 0 Å². The molecule has 1 amide bonds. The van der Waals surface area contributed by atoms with Gasteiger partial charge in [-0.1, -0.05) is 45.0 Å². The van der Waals surface area contributed by atoms with E-state index in [0.29, 0.717) is 11.1 Å². The van der Waals surface area contributed by atoms with Crippen molar-refractivity contribution in [1.29, 1.82) is 0 Å². The molecule has 1 saturated heterocycles. The summed E-state index contributed by atoms with van der Waals surface area (Å²) in [6.07, 6.45) is 3.24. The molecule has 2 N–H and O–H groups in total. The topological polar surface area (TPSA) is 90.7 Å². The van der Waals surface area contributed by atoms with Crippen molar-refractivity contribution < 1.29 is 19.8 Å². The summed E-state index contributed by atoms with van der Waals surface area (Å²) >= 11 is 0. The van der Waals surface area contributed by atoms with Crippen LogP contribution in [0, 0.1) is 6.92 Å². The zero-order chi connectivity index (χ0) is 24.6. The fourth-order valence-corrected chi connectivity index (χ4v) is 4.26. The lowest BCUT2D eigenvalue weighted by Crippen LogP contribution is -2.29. The zero-order valence-electron chi connectivity index (χ0n) is 19.7. The minimum atomic E-state index is -0.849. The van der Waals surface area contributed by atoms with E-state index in [1.165, 1.54) is 17.0 Å². The number of carbonyl (C=O) groups is 2. The second-order valence-corrected chi connectivity index (χ2v) is 9.66. The molecule has 1 aliphatic heterocycles. The van der Waals surface area contributed by atoms with Crippen molar-refractivity contribution in [2.24, 2.45) is 0 Å². The highest BCUT2D eigenvalue weighted by atomic mass is 16.3. The number of nitrogens with zero attached hydrogens (tertiary/aromatic N) is 2. The van der Waals surface area contributed by atoms with Gasteiger partial charge in [0.15, 0.2) is 0 Å². The van der Waals surface area contributed by atoms with Crippen LogP contribution < -0.4 is 0 Å². The predicted octanol–water partition coefficient (Wildman–Crippen LogP) is 5.02. The molecule has 6 nitrogen and oxygen atoms in total. The first-order valence-corrected chi connectivity index (χ1v) is 11.2. The zero-order valence-corrected chi connectivity index (χ0v) is 19.7. The summed E-state index contributed by atoms with van der Waals surface area (Å²) in [5.74, 6) is -1.65. The van der Waals surface area contributed by atoms with E-state index in [4.69, 9.17) is 0 Å². The highest BCUT2D eigenvalue weighted by Crippen LogP contribution is 2.41. The Hall–Kier alpha value is -3.93. The molecule has 0 bridgehead atoms. The molecule has 1 atom stereocenters. The third kappa shape index (κ3) is 4.31. The molecular weight excluding hydrogens is 428 g/mol. The highest BCUT2D eigenvalue weighted by molar-refractivity contribution is 6.46. The number of pyridine rings is 1. The number of hydrogen-bond acceptors (Lipinski definition) is 5. The molecule has 1 fully saturated rings. The summed E-state index contributed by atoms with van der Waals surface area (Å²) in [6, 6.07) is 14.9. The van der Waals surface area contributed by atoms with Gasteiger partial charge >= 0.3 is 0 Å². The van der Waals surface area contributed by atoms with E-state index in [1.54, 1.807) is 36.7 Å². The van der Waals surface area contributed by atoms with E-state index in [0.717, 1.165) is 16.7 Å². The Balaban J connectivity index is 1.92. The van der Waals surface area contributed by atoms with Gasteiger partial charge in [0.05, 0.1) is 11.6 Å². The number of aryl methyl sites for hydroxylation is 1. The number of hydrogen-bond donors (Lipinski definition) is 2. The number of carbonyl (C=O) groups excluding carboxylic acids is 2. The Morgan fingerprint density at radius 2 is 1.74 bits per heavy atom. The minimum Gasteiger partial charge on any atom is -0.508 e. The average Bonchev–Trinajstić information content (AvgIpc) is 3.04. The van der Waals surface area contributed by atoms with Crippen molar-refractivity contribution >= 4 is 17.4 Å². The van der Waals surface area contributed by atoms with Gasteiger partial charge in [-0.15, -0.1) is 0 Å². The molecule has 2 aromatic carbocycles. The number of Topliss-reactive ketones (excluding diaryl/α,β-unsaturated/α-hetero) is 1. The number of aliphatic hydroxyl groups excluding tert-OH is 1. The van der Waals surface area contributed by atoms with Crippen LogP contribution in [-0.2, 0) is 21.5 Å². The molecule has 34 heavy (non-hydrogen) atoms. The number of benzene rings is 2. The third-order valence-electron chi connectivity index (χ3n) is 6.19. The number of rotatable bonds is 4. The van der Waals surface area contributed by atoms with Crippen LogP contribution in [-0.4, -0.2) is 31.8 Å². The number of aliphatic hydroxyl groups is 1. The Kier molecular flexibility index (Phi) is 6.00. The third-order valence-corrected chi connectivity index (χ3v) is 6.19. The van der Waals surface area contributed by atoms with Crippen LogP contribution in [0.2, 0.25) is 0 Å². The van der Waals surface area contributed by atoms with E-state index in [1.807, 2.05) is 25.1 Å². The van der Waals surface area contributed by atoms with Crippen LogP contribution in [0.25, 0.3) is 5.76 Å². The Labute approximate surface area is 199 Å². The molecule has 0 radical (unpaired) electrons. The van der Waals surface area contributed by atoms with Crippen molar-refractivity contribution in [3.63, 3.8) is 0 Å². The van der Waals surface area contributed by atoms with Gasteiger partial charge in [0.1, 0.15) is 11.5 Å². The Bertz CT molecular complexity index is 1290. The second-order valence-electron chi connectivity index (χ2n) is 9.66. The van der Waals surface area contributed by atoms with Gasteiger partial charge in [0.25, 0.3) is 11.7 Å². The molecule has 4 rings (SSSR count). The maximum atomic E-state index is 13.3. The number of phenolic OH excluding ortho intramolecular Hbond substituents is 1. The summed E-state index contributed by atoms with van der Waals surface area (Å²) in [6.45, 7) is 8.23. The molecular formula is C28H28N2O4. The van der Waals surface area contributed by atoms with Gasteiger partial charge < -0.3 is 15.1 Å². The van der Waals surface area contributed by atoms with Crippen LogP contribution in [0.3, 0.4) is 0 Å². The monoisotopic (exact) mass is 456 g/mol.